The van der Waals surface area contributed by atoms with Crippen LogP contribution in [0.1, 0.15) is 41.5 Å². The normalized spacial score (nSPS) is 23.4. The van der Waals surface area contributed by atoms with E-state index in [0.29, 0.717) is 12.0 Å². The fourth-order valence-corrected chi connectivity index (χ4v) is 1.64. The SMILES string of the molecule is CC(C)C(C)NC1(C(C)(C)C)COC1. The predicted molar refractivity (Wildman–Crippen MR) is 60.4 cm³/mol. The minimum absolute atomic E-state index is 0.191. The van der Waals surface area contributed by atoms with E-state index in [4.69, 9.17) is 4.74 Å². The summed E-state index contributed by atoms with van der Waals surface area (Å²) in [6.07, 6.45) is 0. The smallest absolute Gasteiger partial charge is 0.0704 e. The molecule has 0 amide bonds. The summed E-state index contributed by atoms with van der Waals surface area (Å²) in [5.41, 5.74) is 0.463. The number of rotatable bonds is 3. The molecule has 1 atom stereocenters. The lowest BCUT2D eigenvalue weighted by Gasteiger charge is -2.53. The minimum atomic E-state index is 0.191. The third kappa shape index (κ3) is 2.12. The van der Waals surface area contributed by atoms with Crippen molar-refractivity contribution in [1.82, 2.24) is 5.32 Å². The topological polar surface area (TPSA) is 21.3 Å². The molecule has 0 saturated carbocycles. The van der Waals surface area contributed by atoms with E-state index in [2.05, 4.69) is 46.9 Å². The highest BCUT2D eigenvalue weighted by molar-refractivity contribution is 5.04. The zero-order valence-electron chi connectivity index (χ0n) is 10.5. The summed E-state index contributed by atoms with van der Waals surface area (Å²) in [5.74, 6) is 0.676. The summed E-state index contributed by atoms with van der Waals surface area (Å²) in [5, 5.41) is 3.74. The Morgan fingerprint density at radius 3 is 1.86 bits per heavy atom. The Morgan fingerprint density at radius 2 is 1.64 bits per heavy atom. The van der Waals surface area contributed by atoms with Crippen LogP contribution in [0, 0.1) is 11.3 Å². The highest BCUT2D eigenvalue weighted by Gasteiger charge is 2.48. The molecule has 1 heterocycles. The van der Waals surface area contributed by atoms with E-state index < -0.39 is 0 Å². The first kappa shape index (κ1) is 12.0. The van der Waals surface area contributed by atoms with E-state index >= 15 is 0 Å². The third-order valence-electron chi connectivity index (χ3n) is 3.64. The van der Waals surface area contributed by atoms with Gasteiger partial charge in [0.2, 0.25) is 0 Å². The lowest BCUT2D eigenvalue weighted by Crippen LogP contribution is -2.69. The first-order valence-electron chi connectivity index (χ1n) is 5.64. The van der Waals surface area contributed by atoms with E-state index in [0.717, 1.165) is 13.2 Å². The first-order valence-corrected chi connectivity index (χ1v) is 5.64. The molecule has 0 bridgehead atoms. The van der Waals surface area contributed by atoms with E-state index in [9.17, 15) is 0 Å². The molecule has 1 fully saturated rings. The molecule has 1 saturated heterocycles. The van der Waals surface area contributed by atoms with Gasteiger partial charge >= 0.3 is 0 Å². The van der Waals surface area contributed by atoms with Gasteiger partial charge in [-0.15, -0.1) is 0 Å². The fraction of sp³-hybridized carbons (Fsp3) is 1.00. The van der Waals surface area contributed by atoms with Crippen LogP contribution in [0.5, 0.6) is 0 Å². The zero-order valence-corrected chi connectivity index (χ0v) is 10.5. The summed E-state index contributed by atoms with van der Waals surface area (Å²) < 4.78 is 5.38. The van der Waals surface area contributed by atoms with E-state index in [1.807, 2.05) is 0 Å². The molecule has 1 rings (SSSR count). The zero-order chi connectivity index (χ0) is 11.0. The van der Waals surface area contributed by atoms with Gasteiger partial charge in [-0.05, 0) is 18.3 Å². The maximum Gasteiger partial charge on any atom is 0.0704 e. The van der Waals surface area contributed by atoms with Gasteiger partial charge in [0.05, 0.1) is 18.8 Å². The standard InChI is InChI=1S/C12H25NO/c1-9(2)10(3)13-12(7-14-8-12)11(4,5)6/h9-10,13H,7-8H2,1-6H3. The number of hydrogen-bond donors (Lipinski definition) is 1. The molecule has 2 nitrogen and oxygen atoms in total. The molecule has 0 aromatic heterocycles. The fourth-order valence-electron chi connectivity index (χ4n) is 1.64. The molecule has 2 heteroatoms. The Morgan fingerprint density at radius 1 is 1.14 bits per heavy atom. The molecule has 0 spiro atoms. The van der Waals surface area contributed by atoms with Crippen LogP contribution in [-0.4, -0.2) is 24.8 Å². The second-order valence-corrected chi connectivity index (χ2v) is 6.00. The molecular weight excluding hydrogens is 174 g/mol. The van der Waals surface area contributed by atoms with Gasteiger partial charge in [-0.1, -0.05) is 34.6 Å². The molecule has 1 unspecified atom stereocenters. The second kappa shape index (κ2) is 3.82. The van der Waals surface area contributed by atoms with Gasteiger partial charge in [-0.2, -0.15) is 0 Å². The molecule has 0 aromatic carbocycles. The van der Waals surface area contributed by atoms with Crippen LogP contribution in [0.15, 0.2) is 0 Å². The lowest BCUT2D eigenvalue weighted by atomic mass is 9.71. The van der Waals surface area contributed by atoms with Crippen LogP contribution in [0.2, 0.25) is 0 Å². The molecule has 1 N–H and O–H groups in total. The van der Waals surface area contributed by atoms with Crippen molar-refractivity contribution in [2.75, 3.05) is 13.2 Å². The van der Waals surface area contributed by atoms with Crippen molar-refractivity contribution in [3.05, 3.63) is 0 Å². The van der Waals surface area contributed by atoms with Crippen molar-refractivity contribution in [2.45, 2.75) is 53.1 Å². The maximum absolute atomic E-state index is 5.38. The van der Waals surface area contributed by atoms with Gasteiger partial charge in [0.1, 0.15) is 0 Å². The van der Waals surface area contributed by atoms with Gasteiger partial charge in [-0.25, -0.2) is 0 Å². The first-order chi connectivity index (χ1) is 6.28. The number of hydrogen-bond acceptors (Lipinski definition) is 2. The highest BCUT2D eigenvalue weighted by atomic mass is 16.5. The van der Waals surface area contributed by atoms with E-state index in [-0.39, 0.29) is 11.0 Å². The molecule has 1 aliphatic rings. The second-order valence-electron chi connectivity index (χ2n) is 6.00. The Bertz CT molecular complexity index is 189. The summed E-state index contributed by atoms with van der Waals surface area (Å²) in [7, 11) is 0. The molecule has 84 valence electrons. The number of nitrogens with one attached hydrogen (secondary N) is 1. The summed E-state index contributed by atoms with van der Waals surface area (Å²) >= 11 is 0. The van der Waals surface area contributed by atoms with Gasteiger partial charge in [0.25, 0.3) is 0 Å². The number of ether oxygens (including phenoxy) is 1. The van der Waals surface area contributed by atoms with Crippen molar-refractivity contribution < 1.29 is 4.74 Å². The van der Waals surface area contributed by atoms with Crippen LogP contribution >= 0.6 is 0 Å². The quantitative estimate of drug-likeness (QED) is 0.754. The van der Waals surface area contributed by atoms with Gasteiger partial charge < -0.3 is 10.1 Å². The van der Waals surface area contributed by atoms with Crippen LogP contribution < -0.4 is 5.32 Å². The summed E-state index contributed by atoms with van der Waals surface area (Å²) in [4.78, 5) is 0. The highest BCUT2D eigenvalue weighted by Crippen LogP contribution is 2.37. The van der Waals surface area contributed by atoms with Gasteiger partial charge in [-0.3, -0.25) is 0 Å². The van der Waals surface area contributed by atoms with E-state index in [1.54, 1.807) is 0 Å². The Balaban J connectivity index is 2.63. The van der Waals surface area contributed by atoms with Gasteiger partial charge in [0, 0.05) is 6.04 Å². The molecule has 14 heavy (non-hydrogen) atoms. The third-order valence-corrected chi connectivity index (χ3v) is 3.64. The Labute approximate surface area is 88.4 Å². The Hall–Kier alpha value is -0.0800. The van der Waals surface area contributed by atoms with Crippen LogP contribution in [0.3, 0.4) is 0 Å². The van der Waals surface area contributed by atoms with Crippen molar-refractivity contribution in [3.63, 3.8) is 0 Å². The summed E-state index contributed by atoms with van der Waals surface area (Å²) in [6, 6.07) is 0.554. The minimum Gasteiger partial charge on any atom is -0.377 e. The lowest BCUT2D eigenvalue weighted by molar-refractivity contribution is -0.132. The average molecular weight is 199 g/mol. The summed E-state index contributed by atoms with van der Waals surface area (Å²) in [6.45, 7) is 15.3. The monoisotopic (exact) mass is 199 g/mol. The predicted octanol–water partition coefficient (Wildman–Crippen LogP) is 2.44. The van der Waals surface area contributed by atoms with E-state index in [1.165, 1.54) is 0 Å². The van der Waals surface area contributed by atoms with Crippen molar-refractivity contribution in [2.24, 2.45) is 11.3 Å². The molecular formula is C12H25NO. The van der Waals surface area contributed by atoms with Crippen LogP contribution in [0.4, 0.5) is 0 Å². The van der Waals surface area contributed by atoms with Crippen molar-refractivity contribution >= 4 is 0 Å². The molecule has 0 aromatic rings. The molecule has 1 aliphatic heterocycles. The molecule has 0 aliphatic carbocycles. The van der Waals surface area contributed by atoms with Crippen molar-refractivity contribution in [3.8, 4) is 0 Å². The average Bonchev–Trinajstić information content (AvgIpc) is 1.93. The van der Waals surface area contributed by atoms with Crippen LogP contribution in [-0.2, 0) is 4.74 Å². The maximum atomic E-state index is 5.38. The van der Waals surface area contributed by atoms with Gasteiger partial charge in [0.15, 0.2) is 0 Å². The Kier molecular flexibility index (Phi) is 3.27. The largest absolute Gasteiger partial charge is 0.377 e. The van der Waals surface area contributed by atoms with Crippen molar-refractivity contribution in [1.29, 1.82) is 0 Å². The molecule has 0 radical (unpaired) electrons. The van der Waals surface area contributed by atoms with Crippen LogP contribution in [0.25, 0.3) is 0 Å².